The summed E-state index contributed by atoms with van der Waals surface area (Å²) in [6, 6.07) is -3.31. The van der Waals surface area contributed by atoms with E-state index in [-0.39, 0.29) is 19.4 Å². The second-order valence-corrected chi connectivity index (χ2v) is 9.82. The minimum atomic E-state index is -4.89. The van der Waals surface area contributed by atoms with E-state index in [1.807, 2.05) is 0 Å². The number of piperidine rings is 1. The number of hydrogen-bond acceptors (Lipinski definition) is 8. The van der Waals surface area contributed by atoms with Gasteiger partial charge in [-0.15, -0.1) is 4.28 Å². The highest BCUT2D eigenvalue weighted by Gasteiger charge is 2.49. The molecule has 3 N–H and O–H groups in total. The molecule has 5 amide bonds. The van der Waals surface area contributed by atoms with Crippen LogP contribution in [0.2, 0.25) is 0 Å². The first-order chi connectivity index (χ1) is 14.8. The van der Waals surface area contributed by atoms with Gasteiger partial charge in [-0.25, -0.2) is 9.59 Å². The van der Waals surface area contributed by atoms with Gasteiger partial charge >= 0.3 is 22.5 Å². The molecule has 0 aliphatic carbocycles. The molecule has 3 aliphatic heterocycles. The van der Waals surface area contributed by atoms with Crippen LogP contribution in [0.15, 0.2) is 0 Å². The number of nitrogens with one attached hydrogen (secondary N) is 2. The average molecular weight is 477 g/mol. The van der Waals surface area contributed by atoms with Crippen LogP contribution in [0.1, 0.15) is 46.5 Å². The highest BCUT2D eigenvalue weighted by molar-refractivity contribution is 7.80. The second kappa shape index (κ2) is 8.71. The van der Waals surface area contributed by atoms with Crippen molar-refractivity contribution < 1.29 is 41.2 Å². The molecule has 14 nitrogen and oxygen atoms in total. The van der Waals surface area contributed by atoms with Crippen LogP contribution in [-0.4, -0.2) is 88.6 Å². The predicted molar refractivity (Wildman–Crippen MR) is 106 cm³/mol. The van der Waals surface area contributed by atoms with E-state index in [2.05, 4.69) is 15.1 Å². The SMILES string of the molecule is CC(C)(C)OC(=O)N1CCCC1C(=O)NNC(=O)C1CC[C@@H]2CN1C(=O)N2OS(=O)(=O)O. The molecule has 0 saturated carbocycles. The molecule has 3 saturated heterocycles. The third kappa shape index (κ3) is 5.39. The summed E-state index contributed by atoms with van der Waals surface area (Å²) in [4.78, 5) is 52.3. The topological polar surface area (TPSA) is 175 Å². The fraction of sp³-hybridized carbons (Fsp3) is 0.765. The van der Waals surface area contributed by atoms with Gasteiger partial charge in [0.1, 0.15) is 17.7 Å². The molecular weight excluding hydrogens is 450 g/mol. The number of ether oxygens (including phenoxy) is 1. The number of urea groups is 1. The van der Waals surface area contributed by atoms with Crippen molar-refractivity contribution in [2.24, 2.45) is 0 Å². The predicted octanol–water partition coefficient (Wildman–Crippen LogP) is -0.464. The molecule has 2 unspecified atom stereocenters. The monoisotopic (exact) mass is 477 g/mol. The summed E-state index contributed by atoms with van der Waals surface area (Å²) in [5.74, 6) is -1.28. The molecule has 0 radical (unpaired) electrons. The third-order valence-corrected chi connectivity index (χ3v) is 5.64. The first kappa shape index (κ1) is 24.0. The van der Waals surface area contributed by atoms with Crippen molar-refractivity contribution in [3.63, 3.8) is 0 Å². The molecular formula is C17H27N5O9S. The Balaban J connectivity index is 1.56. The van der Waals surface area contributed by atoms with Crippen molar-refractivity contribution in [2.45, 2.75) is 70.2 Å². The Bertz CT molecular complexity index is 903. The van der Waals surface area contributed by atoms with Crippen molar-refractivity contribution in [1.29, 1.82) is 0 Å². The minimum Gasteiger partial charge on any atom is -0.444 e. The Kier molecular flexibility index (Phi) is 6.53. The van der Waals surface area contributed by atoms with Gasteiger partial charge < -0.3 is 9.64 Å². The molecule has 15 heteroatoms. The van der Waals surface area contributed by atoms with Crippen LogP contribution in [-0.2, 0) is 29.0 Å². The van der Waals surface area contributed by atoms with E-state index in [9.17, 15) is 27.6 Å². The van der Waals surface area contributed by atoms with Gasteiger partial charge in [0.25, 0.3) is 11.8 Å². The van der Waals surface area contributed by atoms with E-state index in [0.717, 1.165) is 4.90 Å². The number of hydrogen-bond donors (Lipinski definition) is 3. The van der Waals surface area contributed by atoms with E-state index >= 15 is 0 Å². The quantitative estimate of drug-likeness (QED) is 0.357. The maximum absolute atomic E-state index is 12.6. The number of nitrogens with zero attached hydrogens (tertiary/aromatic N) is 3. The summed E-state index contributed by atoms with van der Waals surface area (Å²) < 4.78 is 40.4. The van der Waals surface area contributed by atoms with E-state index in [1.54, 1.807) is 20.8 Å². The molecule has 3 rings (SSSR count). The average Bonchev–Trinajstić information content (AvgIpc) is 3.24. The van der Waals surface area contributed by atoms with Gasteiger partial charge in [-0.3, -0.25) is 29.9 Å². The van der Waals surface area contributed by atoms with Gasteiger partial charge in [-0.05, 0) is 46.5 Å². The zero-order chi connectivity index (χ0) is 23.8. The summed E-state index contributed by atoms with van der Waals surface area (Å²) in [6.45, 7) is 5.51. The lowest BCUT2D eigenvalue weighted by molar-refractivity contribution is -0.133. The third-order valence-electron chi connectivity index (χ3n) is 5.29. The van der Waals surface area contributed by atoms with E-state index in [1.165, 1.54) is 4.90 Å². The number of hydroxylamine groups is 2. The highest BCUT2D eigenvalue weighted by atomic mass is 32.3. The van der Waals surface area contributed by atoms with E-state index in [4.69, 9.17) is 9.29 Å². The van der Waals surface area contributed by atoms with Gasteiger partial charge in [0.15, 0.2) is 0 Å². The zero-order valence-electron chi connectivity index (χ0n) is 17.9. The normalized spacial score (nSPS) is 25.7. The largest absolute Gasteiger partial charge is 0.444 e. The van der Waals surface area contributed by atoms with Gasteiger partial charge in [-0.2, -0.15) is 13.5 Å². The van der Waals surface area contributed by atoms with Crippen molar-refractivity contribution in [2.75, 3.05) is 13.1 Å². The molecule has 0 aromatic carbocycles. The van der Waals surface area contributed by atoms with Gasteiger partial charge in [0.2, 0.25) is 0 Å². The number of amides is 5. The van der Waals surface area contributed by atoms with E-state index in [0.29, 0.717) is 24.4 Å². The summed E-state index contributed by atoms with van der Waals surface area (Å²) in [6.07, 6.45) is 0.816. The fourth-order valence-electron chi connectivity index (χ4n) is 3.97. The maximum atomic E-state index is 12.6. The number of carbonyl (C=O) groups excluding carboxylic acids is 4. The van der Waals surface area contributed by atoms with Crippen LogP contribution < -0.4 is 10.9 Å². The number of rotatable bonds is 4. The van der Waals surface area contributed by atoms with Gasteiger partial charge in [-0.1, -0.05) is 0 Å². The standard InChI is InChI=1S/C17H27N5O9S/c1-17(2,3)30-16(26)20-8-4-5-11(20)13(23)18-19-14(24)12-7-6-10-9-21(12)15(25)22(10)31-32(27,28)29/h10-12H,4-9H2,1-3H3,(H,18,23)(H,19,24)(H,27,28,29)/t10-,11?,12?/m1/s1. The van der Waals surface area contributed by atoms with Crippen LogP contribution in [0, 0.1) is 0 Å². The number of fused-ring (bicyclic) bond motifs is 2. The van der Waals surface area contributed by atoms with Crippen LogP contribution in [0.4, 0.5) is 9.59 Å². The summed E-state index contributed by atoms with van der Waals surface area (Å²) in [7, 11) is -4.89. The summed E-state index contributed by atoms with van der Waals surface area (Å²) >= 11 is 0. The molecule has 3 heterocycles. The highest BCUT2D eigenvalue weighted by Crippen LogP contribution is 2.30. The van der Waals surface area contributed by atoms with Gasteiger partial charge in [0, 0.05) is 13.1 Å². The molecule has 0 aromatic heterocycles. The minimum absolute atomic E-state index is 0.0232. The lowest BCUT2D eigenvalue weighted by Crippen LogP contribution is -2.57. The molecule has 2 bridgehead atoms. The first-order valence-electron chi connectivity index (χ1n) is 10.1. The molecule has 0 spiro atoms. The number of likely N-dealkylation sites (tertiary alicyclic amines) is 1. The molecule has 3 fully saturated rings. The summed E-state index contributed by atoms with van der Waals surface area (Å²) in [5.41, 5.74) is 3.83. The van der Waals surface area contributed by atoms with Crippen LogP contribution in [0.3, 0.4) is 0 Å². The number of hydrazine groups is 1. The Morgan fingerprint density at radius 2 is 1.69 bits per heavy atom. The maximum Gasteiger partial charge on any atom is 0.418 e. The fourth-order valence-corrected chi connectivity index (χ4v) is 4.36. The lowest BCUT2D eigenvalue weighted by atomic mass is 10.0. The smallest absolute Gasteiger partial charge is 0.418 e. The summed E-state index contributed by atoms with van der Waals surface area (Å²) in [5, 5.41) is 0.526. The molecule has 3 aliphatic rings. The Hall–Kier alpha value is -2.65. The van der Waals surface area contributed by atoms with Crippen LogP contribution in [0.5, 0.6) is 0 Å². The van der Waals surface area contributed by atoms with E-state index < -0.39 is 58.1 Å². The first-order valence-corrected chi connectivity index (χ1v) is 11.5. The molecule has 3 atom stereocenters. The lowest BCUT2D eigenvalue weighted by Gasteiger charge is -2.30. The van der Waals surface area contributed by atoms with Crippen molar-refractivity contribution in [1.82, 2.24) is 25.7 Å². The zero-order valence-corrected chi connectivity index (χ0v) is 18.8. The Morgan fingerprint density at radius 1 is 1.06 bits per heavy atom. The van der Waals surface area contributed by atoms with Crippen LogP contribution in [0.25, 0.3) is 0 Å². The Morgan fingerprint density at radius 3 is 2.28 bits per heavy atom. The van der Waals surface area contributed by atoms with Crippen molar-refractivity contribution in [3.8, 4) is 0 Å². The number of carbonyl (C=O) groups is 4. The second-order valence-electron chi connectivity index (χ2n) is 8.82. The molecule has 180 valence electrons. The van der Waals surface area contributed by atoms with Crippen LogP contribution >= 0.6 is 0 Å². The Labute approximate surface area is 185 Å². The van der Waals surface area contributed by atoms with Crippen molar-refractivity contribution in [3.05, 3.63) is 0 Å². The van der Waals surface area contributed by atoms with Gasteiger partial charge in [0.05, 0.1) is 6.04 Å². The molecule has 0 aromatic rings. The van der Waals surface area contributed by atoms with Crippen molar-refractivity contribution >= 4 is 34.3 Å². The molecule has 32 heavy (non-hydrogen) atoms.